The molecule has 4 rings (SSSR count). The van der Waals surface area contributed by atoms with E-state index < -0.39 is 11.4 Å². The molecule has 2 aromatic carbocycles. The normalized spacial score (nSPS) is 17.6. The number of carbonyl (C=O) groups excluding carboxylic acids is 3. The zero-order valence-electron chi connectivity index (χ0n) is 21.0. The van der Waals surface area contributed by atoms with Crippen molar-refractivity contribution in [3.63, 3.8) is 0 Å². The predicted octanol–water partition coefficient (Wildman–Crippen LogP) is 3.26. The second kappa shape index (κ2) is 10.4. The first kappa shape index (κ1) is 25.2. The van der Waals surface area contributed by atoms with Crippen LogP contribution < -0.4 is 14.2 Å². The lowest BCUT2D eigenvalue weighted by molar-refractivity contribution is -0.143. The van der Waals surface area contributed by atoms with Crippen LogP contribution in [0.15, 0.2) is 53.6 Å². The van der Waals surface area contributed by atoms with Crippen molar-refractivity contribution in [3.05, 3.63) is 54.1 Å². The summed E-state index contributed by atoms with van der Waals surface area (Å²) in [6.07, 6.45) is 0.824. The lowest BCUT2D eigenvalue weighted by Crippen LogP contribution is -2.48. The highest BCUT2D eigenvalue weighted by molar-refractivity contribution is 6.19. The van der Waals surface area contributed by atoms with E-state index >= 15 is 0 Å². The second-order valence-corrected chi connectivity index (χ2v) is 9.37. The van der Waals surface area contributed by atoms with E-state index in [-0.39, 0.29) is 24.3 Å². The van der Waals surface area contributed by atoms with Gasteiger partial charge in [-0.15, -0.1) is 0 Å². The number of nitrogens with zero attached hydrogens (tertiary/aromatic N) is 3. The third kappa shape index (κ3) is 5.05. The fourth-order valence-corrected chi connectivity index (χ4v) is 4.57. The minimum absolute atomic E-state index is 0.0801. The minimum atomic E-state index is -0.812. The number of rotatable bonds is 7. The fraction of sp³-hybridized carbons (Fsp3) is 0.407. The van der Waals surface area contributed by atoms with E-state index in [0.717, 1.165) is 5.56 Å². The smallest absolute Gasteiger partial charge is 0.320 e. The van der Waals surface area contributed by atoms with Gasteiger partial charge in [0.15, 0.2) is 11.5 Å². The molecule has 2 amide bonds. The van der Waals surface area contributed by atoms with Crippen LogP contribution in [0.4, 0.5) is 0 Å². The largest absolute Gasteiger partial charge is 0.493 e. The maximum atomic E-state index is 13.3. The number of hydrogen-bond acceptors (Lipinski definition) is 7. The number of piperidine rings is 1. The summed E-state index contributed by atoms with van der Waals surface area (Å²) >= 11 is 0. The van der Waals surface area contributed by atoms with Gasteiger partial charge in [-0.25, -0.2) is 5.01 Å². The SMILES string of the molecule is COc1ccc(C2=NN(C3CCN(C(=O)CC(=O)Oc4ccccc4)CC3)C(=O)C2(C)C)cc1OC. The molecule has 1 saturated heterocycles. The number of hydrazone groups is 1. The quantitative estimate of drug-likeness (QED) is 0.334. The molecular formula is C27H31N3O6. The van der Waals surface area contributed by atoms with Gasteiger partial charge in [-0.2, -0.15) is 5.10 Å². The molecule has 9 heteroatoms. The molecule has 190 valence electrons. The van der Waals surface area contributed by atoms with E-state index in [1.165, 1.54) is 0 Å². The van der Waals surface area contributed by atoms with Gasteiger partial charge in [0.1, 0.15) is 12.2 Å². The standard InChI is InChI=1S/C27H31N3O6/c1-27(2)25(18-10-11-21(34-3)22(16-18)35-4)28-30(26(27)33)19-12-14-29(15-13-19)23(31)17-24(32)36-20-8-6-5-7-9-20/h5-11,16,19H,12-15,17H2,1-4H3. The van der Waals surface area contributed by atoms with E-state index in [1.807, 2.05) is 32.0 Å². The molecule has 2 aromatic rings. The zero-order valence-corrected chi connectivity index (χ0v) is 21.0. The Hall–Kier alpha value is -3.88. The lowest BCUT2D eigenvalue weighted by atomic mass is 9.83. The van der Waals surface area contributed by atoms with E-state index in [0.29, 0.717) is 48.9 Å². The van der Waals surface area contributed by atoms with Gasteiger partial charge in [0.05, 0.1) is 31.4 Å². The van der Waals surface area contributed by atoms with Gasteiger partial charge in [0.25, 0.3) is 5.91 Å². The highest BCUT2D eigenvalue weighted by Crippen LogP contribution is 2.37. The first-order chi connectivity index (χ1) is 17.2. The molecule has 0 spiro atoms. The van der Waals surface area contributed by atoms with Crippen LogP contribution >= 0.6 is 0 Å². The molecule has 9 nitrogen and oxygen atoms in total. The average molecular weight is 494 g/mol. The van der Waals surface area contributed by atoms with Crippen LogP contribution in [0.5, 0.6) is 17.2 Å². The van der Waals surface area contributed by atoms with Crippen LogP contribution in [0.3, 0.4) is 0 Å². The summed E-state index contributed by atoms with van der Waals surface area (Å²) < 4.78 is 16.0. The summed E-state index contributed by atoms with van der Waals surface area (Å²) in [7, 11) is 3.14. The highest BCUT2D eigenvalue weighted by atomic mass is 16.5. The topological polar surface area (TPSA) is 97.7 Å². The van der Waals surface area contributed by atoms with E-state index in [4.69, 9.17) is 19.3 Å². The molecule has 0 aromatic heterocycles. The Morgan fingerprint density at radius 1 is 1.00 bits per heavy atom. The summed E-state index contributed by atoms with van der Waals surface area (Å²) in [5.74, 6) is 0.629. The van der Waals surface area contributed by atoms with Crippen LogP contribution in [0.2, 0.25) is 0 Å². The third-order valence-electron chi connectivity index (χ3n) is 6.63. The molecule has 0 aliphatic carbocycles. The number of carbonyl (C=O) groups is 3. The van der Waals surface area contributed by atoms with Gasteiger partial charge in [-0.3, -0.25) is 14.4 Å². The maximum absolute atomic E-state index is 13.3. The van der Waals surface area contributed by atoms with Crippen LogP contribution in [-0.2, 0) is 14.4 Å². The lowest BCUT2D eigenvalue weighted by Gasteiger charge is -2.35. The number of para-hydroxylation sites is 1. The van der Waals surface area contributed by atoms with E-state index in [1.54, 1.807) is 54.5 Å². The number of amides is 2. The fourth-order valence-electron chi connectivity index (χ4n) is 4.57. The Labute approximate surface area is 210 Å². The summed E-state index contributed by atoms with van der Waals surface area (Å²) in [5, 5.41) is 6.31. The van der Waals surface area contributed by atoms with Gasteiger partial charge in [-0.05, 0) is 57.0 Å². The van der Waals surface area contributed by atoms with Gasteiger partial charge >= 0.3 is 5.97 Å². The van der Waals surface area contributed by atoms with Crippen molar-refractivity contribution >= 4 is 23.5 Å². The molecule has 0 N–H and O–H groups in total. The Morgan fingerprint density at radius 3 is 2.31 bits per heavy atom. The summed E-state index contributed by atoms with van der Waals surface area (Å²) in [6.45, 7) is 4.60. The van der Waals surface area contributed by atoms with Crippen LogP contribution in [0, 0.1) is 5.41 Å². The van der Waals surface area contributed by atoms with Crippen molar-refractivity contribution in [2.24, 2.45) is 10.5 Å². The summed E-state index contributed by atoms with van der Waals surface area (Å²) in [6, 6.07) is 14.0. The van der Waals surface area contributed by atoms with Gasteiger partial charge in [0.2, 0.25) is 5.91 Å². The number of hydrogen-bond donors (Lipinski definition) is 0. The molecule has 0 radical (unpaired) electrons. The molecule has 2 aliphatic heterocycles. The Bertz CT molecular complexity index is 1170. The van der Waals surface area contributed by atoms with E-state index in [2.05, 4.69) is 0 Å². The van der Waals surface area contributed by atoms with Crippen LogP contribution in [0.25, 0.3) is 0 Å². The summed E-state index contributed by atoms with van der Waals surface area (Å²) in [5.41, 5.74) is 0.641. The van der Waals surface area contributed by atoms with Crippen LogP contribution in [0.1, 0.15) is 38.7 Å². The first-order valence-corrected chi connectivity index (χ1v) is 11.9. The molecule has 2 heterocycles. The number of esters is 1. The third-order valence-corrected chi connectivity index (χ3v) is 6.63. The first-order valence-electron chi connectivity index (χ1n) is 11.9. The van der Waals surface area contributed by atoms with Gasteiger partial charge in [-0.1, -0.05) is 18.2 Å². The molecule has 0 atom stereocenters. The van der Waals surface area contributed by atoms with Crippen molar-refractivity contribution in [1.82, 2.24) is 9.91 Å². The van der Waals surface area contributed by atoms with Crippen molar-refractivity contribution in [2.75, 3.05) is 27.3 Å². The second-order valence-electron chi connectivity index (χ2n) is 9.37. The molecular weight excluding hydrogens is 462 g/mol. The summed E-state index contributed by atoms with van der Waals surface area (Å²) in [4.78, 5) is 39.8. The highest BCUT2D eigenvalue weighted by Gasteiger charge is 2.47. The van der Waals surface area contributed by atoms with E-state index in [9.17, 15) is 14.4 Å². The Kier molecular flexibility index (Phi) is 7.28. The number of likely N-dealkylation sites (tertiary alicyclic amines) is 1. The maximum Gasteiger partial charge on any atom is 0.320 e. The Balaban J connectivity index is 1.40. The zero-order chi connectivity index (χ0) is 25.9. The van der Waals surface area contributed by atoms with Crippen molar-refractivity contribution < 1.29 is 28.6 Å². The van der Waals surface area contributed by atoms with Crippen molar-refractivity contribution in [2.45, 2.75) is 39.2 Å². The molecule has 1 fully saturated rings. The number of ether oxygens (including phenoxy) is 3. The molecule has 0 bridgehead atoms. The van der Waals surface area contributed by atoms with Gasteiger partial charge in [0, 0.05) is 18.7 Å². The monoisotopic (exact) mass is 493 g/mol. The minimum Gasteiger partial charge on any atom is -0.493 e. The average Bonchev–Trinajstić information content (AvgIpc) is 3.12. The Morgan fingerprint density at radius 2 is 1.67 bits per heavy atom. The molecule has 36 heavy (non-hydrogen) atoms. The molecule has 0 unspecified atom stereocenters. The molecule has 2 aliphatic rings. The van der Waals surface area contributed by atoms with Crippen molar-refractivity contribution in [3.8, 4) is 17.2 Å². The predicted molar refractivity (Wildman–Crippen MR) is 133 cm³/mol. The van der Waals surface area contributed by atoms with Gasteiger partial charge < -0.3 is 19.1 Å². The number of methoxy groups -OCH3 is 2. The number of benzene rings is 2. The van der Waals surface area contributed by atoms with Crippen molar-refractivity contribution in [1.29, 1.82) is 0 Å². The molecule has 0 saturated carbocycles. The van der Waals surface area contributed by atoms with Crippen LogP contribution in [-0.4, -0.2) is 66.8 Å².